The van der Waals surface area contributed by atoms with E-state index >= 15 is 0 Å². The smallest absolute Gasteiger partial charge is 0.274 e. The number of aromatic nitrogens is 3. The van der Waals surface area contributed by atoms with E-state index in [0.717, 1.165) is 36.8 Å². The third-order valence-corrected chi connectivity index (χ3v) is 7.03. The van der Waals surface area contributed by atoms with Gasteiger partial charge in [-0.3, -0.25) is 10.1 Å². The standard InChI is InChI=1S/C25H30FN5O2/c1-24(2,3)18-14-19(16-6-8-17(26)9-7-16)29-31-15-20(28-21(18)31)22(32)30-13-12-27-23(33)25(30)10-4-5-11-25/h6-9,14-15,23,27,33H,4-5,10-13H2,1-3H3. The van der Waals surface area contributed by atoms with Gasteiger partial charge in [0.15, 0.2) is 5.65 Å². The lowest BCUT2D eigenvalue weighted by Crippen LogP contribution is -2.67. The maximum absolute atomic E-state index is 13.7. The number of rotatable bonds is 2. The lowest BCUT2D eigenvalue weighted by molar-refractivity contribution is -0.0579. The van der Waals surface area contributed by atoms with Crippen LogP contribution in [0.25, 0.3) is 16.9 Å². The molecule has 1 aliphatic carbocycles. The number of hydrogen-bond acceptors (Lipinski definition) is 5. The summed E-state index contributed by atoms with van der Waals surface area (Å²) < 4.78 is 15.1. The number of aliphatic hydroxyl groups is 1. The van der Waals surface area contributed by atoms with Gasteiger partial charge in [0.25, 0.3) is 5.91 Å². The van der Waals surface area contributed by atoms with E-state index in [1.165, 1.54) is 12.1 Å². The van der Waals surface area contributed by atoms with Crippen LogP contribution < -0.4 is 5.32 Å². The largest absolute Gasteiger partial charge is 0.376 e. The van der Waals surface area contributed by atoms with E-state index < -0.39 is 11.8 Å². The normalized spacial score (nSPS) is 20.6. The fourth-order valence-electron chi connectivity index (χ4n) is 5.24. The molecule has 1 amide bonds. The van der Waals surface area contributed by atoms with E-state index in [1.54, 1.807) is 22.8 Å². The molecular weight excluding hydrogens is 421 g/mol. The first-order valence-electron chi connectivity index (χ1n) is 11.6. The van der Waals surface area contributed by atoms with Crippen molar-refractivity contribution in [1.29, 1.82) is 0 Å². The zero-order valence-corrected chi connectivity index (χ0v) is 19.3. The SMILES string of the molecule is CC(C)(C)c1cc(-c2ccc(F)cc2)nn2cc(C(=O)N3CCNC(O)C34CCCC4)nc12. The van der Waals surface area contributed by atoms with Gasteiger partial charge in [0.05, 0.1) is 17.4 Å². The number of amides is 1. The molecule has 1 aliphatic heterocycles. The third-order valence-electron chi connectivity index (χ3n) is 7.03. The van der Waals surface area contributed by atoms with Crippen LogP contribution in [0.5, 0.6) is 0 Å². The van der Waals surface area contributed by atoms with Gasteiger partial charge in [-0.25, -0.2) is 13.9 Å². The number of carbonyl (C=O) groups is 1. The molecule has 1 spiro atoms. The summed E-state index contributed by atoms with van der Waals surface area (Å²) in [4.78, 5) is 20.2. The van der Waals surface area contributed by atoms with Crippen LogP contribution in [-0.4, -0.2) is 55.4 Å². The summed E-state index contributed by atoms with van der Waals surface area (Å²) in [5.41, 5.74) is 2.56. The van der Waals surface area contributed by atoms with Crippen molar-refractivity contribution in [2.75, 3.05) is 13.1 Å². The van der Waals surface area contributed by atoms with Gasteiger partial charge in [-0.2, -0.15) is 5.10 Å². The minimum Gasteiger partial charge on any atom is -0.376 e. The van der Waals surface area contributed by atoms with Crippen molar-refractivity contribution < 1.29 is 14.3 Å². The number of hydrogen-bond donors (Lipinski definition) is 2. The summed E-state index contributed by atoms with van der Waals surface area (Å²) >= 11 is 0. The molecule has 2 fully saturated rings. The quantitative estimate of drug-likeness (QED) is 0.623. The first-order chi connectivity index (χ1) is 15.7. The number of carbonyl (C=O) groups excluding carboxylic acids is 1. The fraction of sp³-hybridized carbons (Fsp3) is 0.480. The lowest BCUT2D eigenvalue weighted by Gasteiger charge is -2.48. The van der Waals surface area contributed by atoms with Crippen molar-refractivity contribution in [2.45, 2.75) is 63.6 Å². The van der Waals surface area contributed by atoms with E-state index in [2.05, 4.69) is 26.1 Å². The highest BCUT2D eigenvalue weighted by Crippen LogP contribution is 2.40. The summed E-state index contributed by atoms with van der Waals surface area (Å²) in [5.74, 6) is -0.475. The van der Waals surface area contributed by atoms with E-state index in [0.29, 0.717) is 30.1 Å². The Morgan fingerprint density at radius 3 is 2.58 bits per heavy atom. The number of nitrogens with one attached hydrogen (secondary N) is 1. The third kappa shape index (κ3) is 3.71. The molecule has 1 saturated carbocycles. The number of piperazine rings is 1. The second kappa shape index (κ2) is 7.88. The molecule has 0 bridgehead atoms. The molecule has 33 heavy (non-hydrogen) atoms. The molecule has 2 N–H and O–H groups in total. The molecule has 0 radical (unpaired) electrons. The predicted molar refractivity (Wildman–Crippen MR) is 123 cm³/mol. The average Bonchev–Trinajstić information content (AvgIpc) is 3.42. The number of aliphatic hydroxyl groups excluding tert-OH is 1. The van der Waals surface area contributed by atoms with Gasteiger partial charge in [-0.05, 0) is 48.6 Å². The van der Waals surface area contributed by atoms with Crippen LogP contribution in [0.2, 0.25) is 0 Å². The Labute approximate surface area is 192 Å². The van der Waals surface area contributed by atoms with Crippen LogP contribution in [0, 0.1) is 5.82 Å². The summed E-state index contributed by atoms with van der Waals surface area (Å²) in [6.07, 6.45) is 4.48. The fourth-order valence-corrected chi connectivity index (χ4v) is 5.24. The number of nitrogens with zero attached hydrogens (tertiary/aromatic N) is 4. The van der Waals surface area contributed by atoms with Crippen LogP contribution in [-0.2, 0) is 5.41 Å². The lowest BCUT2D eigenvalue weighted by atomic mass is 9.87. The molecule has 3 heterocycles. The Morgan fingerprint density at radius 1 is 1.21 bits per heavy atom. The van der Waals surface area contributed by atoms with Crippen molar-refractivity contribution in [3.8, 4) is 11.3 Å². The van der Waals surface area contributed by atoms with Gasteiger partial charge in [-0.1, -0.05) is 33.6 Å². The monoisotopic (exact) mass is 451 g/mol. The van der Waals surface area contributed by atoms with Gasteiger partial charge < -0.3 is 10.0 Å². The Kier molecular flexibility index (Phi) is 5.25. The second-order valence-electron chi connectivity index (χ2n) is 10.2. The van der Waals surface area contributed by atoms with Crippen LogP contribution in [0.1, 0.15) is 62.5 Å². The van der Waals surface area contributed by atoms with Crippen LogP contribution in [0.15, 0.2) is 36.5 Å². The van der Waals surface area contributed by atoms with Gasteiger partial charge >= 0.3 is 0 Å². The Hall–Kier alpha value is -2.84. The Balaban J connectivity index is 1.60. The topological polar surface area (TPSA) is 82.8 Å². The van der Waals surface area contributed by atoms with Crippen molar-refractivity contribution in [1.82, 2.24) is 24.8 Å². The predicted octanol–water partition coefficient (Wildman–Crippen LogP) is 3.51. The van der Waals surface area contributed by atoms with Gasteiger partial charge in [0, 0.05) is 24.2 Å². The highest BCUT2D eigenvalue weighted by Gasteiger charge is 2.50. The molecule has 2 aliphatic rings. The van der Waals surface area contributed by atoms with E-state index in [1.807, 2.05) is 11.0 Å². The second-order valence-corrected chi connectivity index (χ2v) is 10.2. The van der Waals surface area contributed by atoms with Crippen molar-refractivity contribution in [3.63, 3.8) is 0 Å². The summed E-state index contributed by atoms with van der Waals surface area (Å²) in [6.45, 7) is 7.35. The summed E-state index contributed by atoms with van der Waals surface area (Å²) in [5, 5.41) is 18.6. The number of halogens is 1. The molecule has 1 atom stereocenters. The van der Waals surface area contributed by atoms with E-state index in [-0.39, 0.29) is 17.1 Å². The Morgan fingerprint density at radius 2 is 1.91 bits per heavy atom. The molecule has 1 aromatic carbocycles. The van der Waals surface area contributed by atoms with E-state index in [4.69, 9.17) is 10.1 Å². The first kappa shape index (κ1) is 22.0. The molecule has 2 aromatic heterocycles. The van der Waals surface area contributed by atoms with Crippen LogP contribution >= 0.6 is 0 Å². The average molecular weight is 452 g/mol. The van der Waals surface area contributed by atoms with Crippen LogP contribution in [0.4, 0.5) is 4.39 Å². The zero-order chi connectivity index (χ0) is 23.4. The molecule has 3 aromatic rings. The van der Waals surface area contributed by atoms with Crippen molar-refractivity contribution in [3.05, 3.63) is 53.6 Å². The molecule has 1 saturated heterocycles. The minimum absolute atomic E-state index is 0.175. The highest BCUT2D eigenvalue weighted by molar-refractivity contribution is 5.94. The molecular formula is C25H30FN5O2. The summed E-state index contributed by atoms with van der Waals surface area (Å²) in [7, 11) is 0. The molecule has 7 nitrogen and oxygen atoms in total. The number of benzene rings is 1. The number of fused-ring (bicyclic) bond motifs is 1. The molecule has 174 valence electrons. The van der Waals surface area contributed by atoms with Gasteiger partial charge in [-0.15, -0.1) is 0 Å². The zero-order valence-electron chi connectivity index (χ0n) is 19.3. The minimum atomic E-state index is -0.733. The van der Waals surface area contributed by atoms with Crippen molar-refractivity contribution in [2.24, 2.45) is 0 Å². The number of imidazole rings is 1. The highest BCUT2D eigenvalue weighted by atomic mass is 19.1. The van der Waals surface area contributed by atoms with Crippen LogP contribution in [0.3, 0.4) is 0 Å². The molecule has 8 heteroatoms. The molecule has 1 unspecified atom stereocenters. The summed E-state index contributed by atoms with van der Waals surface area (Å²) in [6, 6.07) is 8.20. The molecule has 5 rings (SSSR count). The maximum atomic E-state index is 13.7. The van der Waals surface area contributed by atoms with Gasteiger partial charge in [0.2, 0.25) is 0 Å². The maximum Gasteiger partial charge on any atom is 0.274 e. The Bertz CT molecular complexity index is 1190. The van der Waals surface area contributed by atoms with E-state index in [9.17, 15) is 14.3 Å². The first-order valence-corrected chi connectivity index (χ1v) is 11.6. The van der Waals surface area contributed by atoms with Gasteiger partial charge in [0.1, 0.15) is 17.7 Å². The van der Waals surface area contributed by atoms with Crippen molar-refractivity contribution >= 4 is 11.6 Å².